The van der Waals surface area contributed by atoms with Gasteiger partial charge in [-0.05, 0) is 62.8 Å². The molecule has 0 radical (unpaired) electrons. The second kappa shape index (κ2) is 6.12. The standard InChI is InChI=1S/C16H26N2O2/c1-11-10-14(19-4)12(2)9-13(11)15(18-17)16(3)7-5-6-8-20-16/h9-10,15,18H,5-8,17H2,1-4H3. The second-order valence-corrected chi connectivity index (χ2v) is 5.90. The minimum atomic E-state index is -0.251. The number of ether oxygens (including phenoxy) is 2. The molecule has 2 unspecified atom stereocenters. The Morgan fingerprint density at radius 3 is 2.60 bits per heavy atom. The summed E-state index contributed by atoms with van der Waals surface area (Å²) >= 11 is 0. The van der Waals surface area contributed by atoms with Gasteiger partial charge in [0.2, 0.25) is 0 Å². The molecule has 2 atom stereocenters. The summed E-state index contributed by atoms with van der Waals surface area (Å²) in [4.78, 5) is 0. The SMILES string of the molecule is COc1cc(C)c(C(NN)C2(C)CCCCO2)cc1C. The maximum Gasteiger partial charge on any atom is 0.122 e. The van der Waals surface area contributed by atoms with E-state index in [0.29, 0.717) is 0 Å². The Balaban J connectivity index is 2.38. The van der Waals surface area contributed by atoms with Gasteiger partial charge in [-0.1, -0.05) is 6.07 Å². The van der Waals surface area contributed by atoms with Crippen LogP contribution in [0.3, 0.4) is 0 Å². The third kappa shape index (κ3) is 2.82. The Hall–Kier alpha value is -1.10. The van der Waals surface area contributed by atoms with Crippen LogP contribution in [0.15, 0.2) is 12.1 Å². The third-order valence-corrected chi connectivity index (χ3v) is 4.37. The van der Waals surface area contributed by atoms with Crippen LogP contribution >= 0.6 is 0 Å². The van der Waals surface area contributed by atoms with E-state index >= 15 is 0 Å². The summed E-state index contributed by atoms with van der Waals surface area (Å²) in [5.41, 5.74) is 6.20. The molecular weight excluding hydrogens is 252 g/mol. The van der Waals surface area contributed by atoms with Crippen molar-refractivity contribution >= 4 is 0 Å². The summed E-state index contributed by atoms with van der Waals surface area (Å²) in [7, 11) is 1.70. The van der Waals surface area contributed by atoms with Crippen molar-refractivity contribution in [2.75, 3.05) is 13.7 Å². The summed E-state index contributed by atoms with van der Waals surface area (Å²) < 4.78 is 11.4. The van der Waals surface area contributed by atoms with E-state index in [0.717, 1.165) is 30.8 Å². The van der Waals surface area contributed by atoms with Crippen molar-refractivity contribution in [3.8, 4) is 5.75 Å². The number of nitrogens with two attached hydrogens (primary N) is 1. The highest BCUT2D eigenvalue weighted by atomic mass is 16.5. The lowest BCUT2D eigenvalue weighted by Crippen LogP contribution is -2.48. The molecule has 112 valence electrons. The molecule has 1 aliphatic rings. The molecular formula is C16H26N2O2. The van der Waals surface area contributed by atoms with Gasteiger partial charge in [-0.2, -0.15) is 0 Å². The predicted molar refractivity (Wildman–Crippen MR) is 80.7 cm³/mol. The Labute approximate surface area is 121 Å². The van der Waals surface area contributed by atoms with Crippen LogP contribution in [0, 0.1) is 13.8 Å². The summed E-state index contributed by atoms with van der Waals surface area (Å²) in [5, 5.41) is 0. The highest BCUT2D eigenvalue weighted by Gasteiger charge is 2.38. The fraction of sp³-hybridized carbons (Fsp3) is 0.625. The summed E-state index contributed by atoms with van der Waals surface area (Å²) in [5.74, 6) is 6.76. The van der Waals surface area contributed by atoms with Gasteiger partial charge in [0.05, 0.1) is 18.8 Å². The molecule has 3 N–H and O–H groups in total. The Bertz CT molecular complexity index is 468. The van der Waals surface area contributed by atoms with E-state index in [-0.39, 0.29) is 11.6 Å². The number of aryl methyl sites for hydroxylation is 2. The van der Waals surface area contributed by atoms with Gasteiger partial charge < -0.3 is 9.47 Å². The van der Waals surface area contributed by atoms with Gasteiger partial charge in [0.1, 0.15) is 5.75 Å². The molecule has 1 saturated heterocycles. The normalized spacial score (nSPS) is 24.4. The molecule has 0 saturated carbocycles. The van der Waals surface area contributed by atoms with E-state index in [9.17, 15) is 0 Å². The van der Waals surface area contributed by atoms with Gasteiger partial charge >= 0.3 is 0 Å². The monoisotopic (exact) mass is 278 g/mol. The topological polar surface area (TPSA) is 56.5 Å². The Morgan fingerprint density at radius 1 is 1.30 bits per heavy atom. The second-order valence-electron chi connectivity index (χ2n) is 5.90. The molecule has 1 aromatic rings. The van der Waals surface area contributed by atoms with Crippen LogP contribution in [0.1, 0.15) is 48.9 Å². The lowest BCUT2D eigenvalue weighted by Gasteiger charge is -2.41. The molecule has 1 heterocycles. The molecule has 0 aliphatic carbocycles. The van der Waals surface area contributed by atoms with Gasteiger partial charge in [-0.25, -0.2) is 0 Å². The van der Waals surface area contributed by atoms with Crippen LogP contribution in [0.2, 0.25) is 0 Å². The molecule has 2 rings (SSSR count). The minimum absolute atomic E-state index is 0.00703. The maximum absolute atomic E-state index is 6.05. The smallest absolute Gasteiger partial charge is 0.122 e. The molecule has 0 spiro atoms. The van der Waals surface area contributed by atoms with Gasteiger partial charge in [-0.15, -0.1) is 0 Å². The van der Waals surface area contributed by atoms with Gasteiger partial charge in [-0.3, -0.25) is 11.3 Å². The zero-order valence-electron chi connectivity index (χ0n) is 13.0. The molecule has 0 bridgehead atoms. The number of benzene rings is 1. The average Bonchev–Trinajstić information content (AvgIpc) is 2.43. The molecule has 0 aromatic heterocycles. The van der Waals surface area contributed by atoms with E-state index in [1.54, 1.807) is 7.11 Å². The fourth-order valence-electron chi connectivity index (χ4n) is 3.12. The fourth-order valence-corrected chi connectivity index (χ4v) is 3.12. The van der Waals surface area contributed by atoms with Crippen molar-refractivity contribution < 1.29 is 9.47 Å². The van der Waals surface area contributed by atoms with Crippen molar-refractivity contribution in [3.63, 3.8) is 0 Å². The van der Waals surface area contributed by atoms with E-state index in [4.69, 9.17) is 15.3 Å². The van der Waals surface area contributed by atoms with Crippen molar-refractivity contribution in [1.29, 1.82) is 0 Å². The first-order valence-corrected chi connectivity index (χ1v) is 7.27. The highest BCUT2D eigenvalue weighted by Crippen LogP contribution is 2.38. The lowest BCUT2D eigenvalue weighted by atomic mass is 9.82. The number of hydrogen-bond donors (Lipinski definition) is 2. The van der Waals surface area contributed by atoms with E-state index in [1.807, 2.05) is 0 Å². The Morgan fingerprint density at radius 2 is 2.05 bits per heavy atom. The van der Waals surface area contributed by atoms with Gasteiger partial charge in [0, 0.05) is 6.61 Å². The number of hydrogen-bond acceptors (Lipinski definition) is 4. The first-order valence-electron chi connectivity index (χ1n) is 7.27. The Kier molecular flexibility index (Phi) is 4.68. The number of nitrogens with one attached hydrogen (secondary N) is 1. The highest BCUT2D eigenvalue weighted by molar-refractivity contribution is 5.43. The molecule has 1 aliphatic heterocycles. The summed E-state index contributed by atoms with van der Waals surface area (Å²) in [6.45, 7) is 7.10. The van der Waals surface area contributed by atoms with E-state index < -0.39 is 0 Å². The summed E-state index contributed by atoms with van der Waals surface area (Å²) in [6, 6.07) is 4.22. The van der Waals surface area contributed by atoms with Crippen LogP contribution in [-0.4, -0.2) is 19.3 Å². The molecule has 1 aromatic carbocycles. The van der Waals surface area contributed by atoms with Gasteiger partial charge in [0.25, 0.3) is 0 Å². The first kappa shape index (κ1) is 15.3. The first-order chi connectivity index (χ1) is 9.51. The molecule has 20 heavy (non-hydrogen) atoms. The third-order valence-electron chi connectivity index (χ3n) is 4.37. The molecule has 1 fully saturated rings. The number of rotatable bonds is 4. The van der Waals surface area contributed by atoms with Crippen LogP contribution < -0.4 is 16.0 Å². The van der Waals surface area contributed by atoms with Gasteiger partial charge in [0.15, 0.2) is 0 Å². The zero-order valence-corrected chi connectivity index (χ0v) is 13.0. The van der Waals surface area contributed by atoms with E-state index in [2.05, 4.69) is 38.3 Å². The zero-order chi connectivity index (χ0) is 14.8. The van der Waals surface area contributed by atoms with Crippen molar-refractivity contribution in [3.05, 3.63) is 28.8 Å². The number of hydrazine groups is 1. The maximum atomic E-state index is 6.05. The summed E-state index contributed by atoms with van der Waals surface area (Å²) in [6.07, 6.45) is 3.34. The van der Waals surface area contributed by atoms with Crippen molar-refractivity contribution in [1.82, 2.24) is 5.43 Å². The molecule has 4 heteroatoms. The predicted octanol–water partition coefficient (Wildman–Crippen LogP) is 2.78. The minimum Gasteiger partial charge on any atom is -0.496 e. The average molecular weight is 278 g/mol. The van der Waals surface area contributed by atoms with Crippen LogP contribution in [0.5, 0.6) is 5.75 Å². The molecule has 0 amide bonds. The van der Waals surface area contributed by atoms with Crippen LogP contribution in [0.4, 0.5) is 0 Å². The van der Waals surface area contributed by atoms with E-state index in [1.165, 1.54) is 17.5 Å². The quantitative estimate of drug-likeness (QED) is 0.657. The molecule has 4 nitrogen and oxygen atoms in total. The van der Waals surface area contributed by atoms with Crippen molar-refractivity contribution in [2.24, 2.45) is 5.84 Å². The largest absolute Gasteiger partial charge is 0.496 e. The lowest BCUT2D eigenvalue weighted by molar-refractivity contribution is -0.0900. The van der Waals surface area contributed by atoms with Crippen molar-refractivity contribution in [2.45, 2.75) is 51.7 Å². The van der Waals surface area contributed by atoms with Crippen LogP contribution in [-0.2, 0) is 4.74 Å². The van der Waals surface area contributed by atoms with Crippen LogP contribution in [0.25, 0.3) is 0 Å². The number of methoxy groups -OCH3 is 1.